The Labute approximate surface area is 154 Å². The molecule has 0 aliphatic rings. The van der Waals surface area contributed by atoms with Crippen molar-refractivity contribution in [1.82, 2.24) is 0 Å². The molecule has 0 aliphatic carbocycles. The molecular formula is C14H26O10S2. The third-order valence-electron chi connectivity index (χ3n) is 3.38. The molecule has 154 valence electrons. The normalized spacial score (nSPS) is 14.5. The van der Waals surface area contributed by atoms with E-state index in [1.165, 1.54) is 13.8 Å². The summed E-state index contributed by atoms with van der Waals surface area (Å²) in [4.78, 5) is 23.0. The fourth-order valence-electron chi connectivity index (χ4n) is 1.77. The lowest BCUT2D eigenvalue weighted by Gasteiger charge is -2.12. The number of ether oxygens (including phenoxy) is 2. The summed E-state index contributed by atoms with van der Waals surface area (Å²) in [6.07, 6.45) is 2.22. The minimum absolute atomic E-state index is 0.0388. The lowest BCUT2D eigenvalue weighted by atomic mass is 10.1. The van der Waals surface area contributed by atoms with Gasteiger partial charge in [-0.3, -0.25) is 18.0 Å². The summed E-state index contributed by atoms with van der Waals surface area (Å²) in [5.74, 6) is -1.31. The number of esters is 2. The van der Waals surface area contributed by atoms with Crippen molar-refractivity contribution in [3.63, 3.8) is 0 Å². The van der Waals surface area contributed by atoms with E-state index in [-0.39, 0.29) is 12.8 Å². The van der Waals surface area contributed by atoms with Crippen LogP contribution in [0, 0.1) is 0 Å². The second-order valence-electron chi connectivity index (χ2n) is 5.35. The van der Waals surface area contributed by atoms with E-state index < -0.39 is 43.0 Å². The quantitative estimate of drug-likeness (QED) is 0.242. The number of unbranched alkanes of at least 4 members (excludes halogenated alkanes) is 3. The van der Waals surface area contributed by atoms with Crippen LogP contribution in [0.4, 0.5) is 0 Å². The van der Waals surface area contributed by atoms with Gasteiger partial charge in [-0.2, -0.15) is 16.8 Å². The van der Waals surface area contributed by atoms with Crippen molar-refractivity contribution < 1.29 is 44.3 Å². The van der Waals surface area contributed by atoms with Crippen LogP contribution in [-0.2, 0) is 47.7 Å². The fraction of sp³-hybridized carbons (Fsp3) is 0.857. The van der Waals surface area contributed by atoms with E-state index in [0.29, 0.717) is 25.7 Å². The third-order valence-corrected chi connectivity index (χ3v) is 6.13. The first-order valence-corrected chi connectivity index (χ1v) is 10.9. The topological polar surface area (TPSA) is 139 Å². The molecule has 0 radical (unpaired) electrons. The smallest absolute Gasteiger partial charge is 0.307 e. The molecule has 0 rings (SSSR count). The predicted octanol–water partition coefficient (Wildman–Crippen LogP) is 1.06. The molecule has 0 aromatic heterocycles. The van der Waals surface area contributed by atoms with Crippen molar-refractivity contribution in [3.05, 3.63) is 0 Å². The zero-order chi connectivity index (χ0) is 20.4. The zero-order valence-electron chi connectivity index (χ0n) is 15.3. The first-order valence-electron chi connectivity index (χ1n) is 7.94. The molecule has 0 saturated carbocycles. The van der Waals surface area contributed by atoms with E-state index in [1.54, 1.807) is 0 Å². The molecule has 0 aromatic carbocycles. The van der Waals surface area contributed by atoms with E-state index >= 15 is 0 Å². The molecule has 0 bridgehead atoms. The zero-order valence-corrected chi connectivity index (χ0v) is 16.9. The molecule has 0 aliphatic heterocycles. The van der Waals surface area contributed by atoms with Crippen LogP contribution in [0.5, 0.6) is 0 Å². The molecule has 0 amide bonds. The Morgan fingerprint density at radius 2 is 1.00 bits per heavy atom. The van der Waals surface area contributed by atoms with Crippen LogP contribution in [0.1, 0.15) is 52.4 Å². The molecule has 0 heterocycles. The van der Waals surface area contributed by atoms with Gasteiger partial charge in [-0.1, -0.05) is 12.8 Å². The Kier molecular flexibility index (Phi) is 10.9. The van der Waals surface area contributed by atoms with E-state index in [0.717, 1.165) is 14.2 Å². The summed E-state index contributed by atoms with van der Waals surface area (Å²) in [5, 5.41) is 0. The second-order valence-corrected chi connectivity index (χ2v) is 9.31. The maximum absolute atomic E-state index is 11.5. The average molecular weight is 418 g/mol. The monoisotopic (exact) mass is 418 g/mol. The highest BCUT2D eigenvalue weighted by atomic mass is 32.2. The molecule has 12 heteroatoms. The summed E-state index contributed by atoms with van der Waals surface area (Å²) < 4.78 is 63.1. The van der Waals surface area contributed by atoms with Gasteiger partial charge in [0.1, 0.15) is 0 Å². The van der Waals surface area contributed by atoms with Crippen molar-refractivity contribution in [2.45, 2.75) is 63.2 Å². The molecule has 0 aromatic rings. The summed E-state index contributed by atoms with van der Waals surface area (Å²) in [6, 6.07) is 0. The number of hydrogen-bond acceptors (Lipinski definition) is 10. The maximum atomic E-state index is 11.5. The van der Waals surface area contributed by atoms with Gasteiger partial charge in [0, 0.05) is 12.8 Å². The van der Waals surface area contributed by atoms with E-state index in [4.69, 9.17) is 9.47 Å². The number of carbonyl (C=O) groups excluding carboxylic acids is 2. The maximum Gasteiger partial charge on any atom is 0.307 e. The Morgan fingerprint density at radius 3 is 1.27 bits per heavy atom. The van der Waals surface area contributed by atoms with Gasteiger partial charge in [-0.05, 0) is 26.7 Å². The minimum atomic E-state index is -3.91. The number of carbonyl (C=O) groups is 2. The average Bonchev–Trinajstić information content (AvgIpc) is 2.57. The van der Waals surface area contributed by atoms with Gasteiger partial charge in [-0.25, -0.2) is 0 Å². The van der Waals surface area contributed by atoms with Gasteiger partial charge in [-0.15, -0.1) is 0 Å². The minimum Gasteiger partial charge on any atom is -0.444 e. The standard InChI is InChI=1S/C14H26O10S2/c1-11(25(17,18)21-3)23-13(15)9-7-5-6-8-10-14(16)24-12(2)26(19,20)22-4/h11-12H,5-10H2,1-4H3. The third kappa shape index (κ3) is 9.46. The van der Waals surface area contributed by atoms with Gasteiger partial charge >= 0.3 is 32.2 Å². The van der Waals surface area contributed by atoms with E-state index in [9.17, 15) is 26.4 Å². The van der Waals surface area contributed by atoms with Crippen LogP contribution in [0.2, 0.25) is 0 Å². The fourth-order valence-corrected chi connectivity index (χ4v) is 2.76. The van der Waals surface area contributed by atoms with Crippen molar-refractivity contribution in [3.8, 4) is 0 Å². The molecular weight excluding hydrogens is 392 g/mol. The van der Waals surface area contributed by atoms with Gasteiger partial charge in [0.25, 0.3) is 0 Å². The summed E-state index contributed by atoms with van der Waals surface area (Å²) in [7, 11) is -5.86. The highest BCUT2D eigenvalue weighted by Crippen LogP contribution is 2.11. The highest BCUT2D eigenvalue weighted by Gasteiger charge is 2.24. The predicted molar refractivity (Wildman–Crippen MR) is 90.7 cm³/mol. The van der Waals surface area contributed by atoms with Crippen molar-refractivity contribution >= 4 is 32.2 Å². The molecule has 2 unspecified atom stereocenters. The highest BCUT2D eigenvalue weighted by molar-refractivity contribution is 7.87. The Balaban J connectivity index is 3.91. The first kappa shape index (κ1) is 24.8. The molecule has 10 nitrogen and oxygen atoms in total. The summed E-state index contributed by atoms with van der Waals surface area (Å²) >= 11 is 0. The van der Waals surface area contributed by atoms with Crippen LogP contribution in [0.15, 0.2) is 0 Å². The van der Waals surface area contributed by atoms with Crippen molar-refractivity contribution in [1.29, 1.82) is 0 Å². The van der Waals surface area contributed by atoms with Crippen molar-refractivity contribution in [2.24, 2.45) is 0 Å². The molecule has 2 atom stereocenters. The van der Waals surface area contributed by atoms with Crippen LogP contribution in [0.25, 0.3) is 0 Å². The molecule has 0 spiro atoms. The number of rotatable bonds is 13. The largest absolute Gasteiger partial charge is 0.444 e. The van der Waals surface area contributed by atoms with Gasteiger partial charge in [0.05, 0.1) is 14.2 Å². The van der Waals surface area contributed by atoms with Crippen LogP contribution in [0.3, 0.4) is 0 Å². The lowest BCUT2D eigenvalue weighted by molar-refractivity contribution is -0.146. The number of hydrogen-bond donors (Lipinski definition) is 0. The Bertz CT molecular complexity index is 595. The van der Waals surface area contributed by atoms with Gasteiger partial charge < -0.3 is 9.47 Å². The van der Waals surface area contributed by atoms with Gasteiger partial charge in [0.2, 0.25) is 10.9 Å². The molecule has 0 fully saturated rings. The van der Waals surface area contributed by atoms with Crippen LogP contribution >= 0.6 is 0 Å². The van der Waals surface area contributed by atoms with Crippen LogP contribution in [-0.4, -0.2) is 53.9 Å². The first-order chi connectivity index (χ1) is 12.0. The van der Waals surface area contributed by atoms with Crippen molar-refractivity contribution in [2.75, 3.05) is 14.2 Å². The Morgan fingerprint density at radius 1 is 0.692 bits per heavy atom. The summed E-state index contributed by atoms with van der Waals surface area (Å²) in [6.45, 7) is 2.40. The van der Waals surface area contributed by atoms with Gasteiger partial charge in [0.15, 0.2) is 0 Å². The van der Waals surface area contributed by atoms with E-state index in [1.807, 2.05) is 0 Å². The SMILES string of the molecule is COS(=O)(=O)C(C)OC(=O)CCCCCCC(=O)OC(C)S(=O)(=O)OC. The summed E-state index contributed by atoms with van der Waals surface area (Å²) in [5.41, 5.74) is -2.75. The lowest BCUT2D eigenvalue weighted by Crippen LogP contribution is -2.25. The molecule has 0 N–H and O–H groups in total. The van der Waals surface area contributed by atoms with E-state index in [2.05, 4.69) is 8.37 Å². The molecule has 26 heavy (non-hydrogen) atoms. The second kappa shape index (κ2) is 11.5. The Hall–Kier alpha value is -1.24. The molecule has 0 saturated heterocycles. The van der Waals surface area contributed by atoms with Crippen LogP contribution < -0.4 is 0 Å².